The highest BCUT2D eigenvalue weighted by atomic mass is 16.5. The van der Waals surface area contributed by atoms with Gasteiger partial charge in [-0.25, -0.2) is 0 Å². The Hall–Kier alpha value is -0.500. The van der Waals surface area contributed by atoms with E-state index in [-0.39, 0.29) is 0 Å². The van der Waals surface area contributed by atoms with Crippen molar-refractivity contribution in [1.29, 1.82) is 0 Å². The highest BCUT2D eigenvalue weighted by Gasteiger charge is 2.17. The summed E-state index contributed by atoms with van der Waals surface area (Å²) in [5, 5.41) is 0. The first kappa shape index (κ1) is 9.07. The fourth-order valence-corrected chi connectivity index (χ4v) is 2.30. The molecule has 2 heteroatoms. The molecule has 0 aromatic rings. The topological polar surface area (TPSA) is 12.5 Å². The third-order valence-electron chi connectivity index (χ3n) is 3.10. The molecule has 2 aliphatic rings. The average Bonchev–Trinajstić information content (AvgIpc) is 2.20. The smallest absolute Gasteiger partial charge is 0.0642 e. The van der Waals surface area contributed by atoms with Crippen molar-refractivity contribution < 1.29 is 4.74 Å². The second-order valence-electron chi connectivity index (χ2n) is 4.03. The molecule has 0 amide bonds. The molecular weight excluding hydrogens is 162 g/mol. The molecule has 0 bridgehead atoms. The Balaban J connectivity index is 2.04. The molecule has 0 aromatic carbocycles. The van der Waals surface area contributed by atoms with Crippen molar-refractivity contribution in [2.75, 3.05) is 26.3 Å². The van der Waals surface area contributed by atoms with Crippen molar-refractivity contribution in [3.8, 4) is 0 Å². The Morgan fingerprint density at radius 2 is 1.77 bits per heavy atom. The number of allylic oxidation sites excluding steroid dienone is 2. The van der Waals surface area contributed by atoms with Gasteiger partial charge in [0.05, 0.1) is 13.2 Å². The Morgan fingerprint density at radius 3 is 2.46 bits per heavy atom. The van der Waals surface area contributed by atoms with Crippen LogP contribution in [0.1, 0.15) is 32.6 Å². The third-order valence-corrected chi connectivity index (χ3v) is 3.10. The Morgan fingerprint density at radius 1 is 1.08 bits per heavy atom. The summed E-state index contributed by atoms with van der Waals surface area (Å²) in [6.45, 7) is 6.33. The minimum Gasteiger partial charge on any atom is -0.378 e. The number of hydrogen-bond donors (Lipinski definition) is 0. The predicted molar refractivity (Wildman–Crippen MR) is 53.6 cm³/mol. The first-order valence-corrected chi connectivity index (χ1v) is 5.39. The summed E-state index contributed by atoms with van der Waals surface area (Å²) in [6, 6.07) is 0. The Kier molecular flexibility index (Phi) is 2.89. The van der Waals surface area contributed by atoms with Crippen molar-refractivity contribution >= 4 is 0 Å². The molecule has 0 unspecified atom stereocenters. The summed E-state index contributed by atoms with van der Waals surface area (Å²) in [4.78, 5) is 2.53. The van der Waals surface area contributed by atoms with E-state index in [1.807, 2.05) is 0 Å². The minimum absolute atomic E-state index is 0.913. The highest BCUT2D eigenvalue weighted by molar-refractivity contribution is 5.14. The van der Waals surface area contributed by atoms with Crippen LogP contribution in [0, 0.1) is 0 Å². The summed E-state index contributed by atoms with van der Waals surface area (Å²) >= 11 is 0. The lowest BCUT2D eigenvalue weighted by Gasteiger charge is -2.34. The van der Waals surface area contributed by atoms with Crippen molar-refractivity contribution in [1.82, 2.24) is 4.90 Å². The zero-order valence-electron chi connectivity index (χ0n) is 8.51. The van der Waals surface area contributed by atoms with E-state index in [0.717, 1.165) is 26.3 Å². The zero-order chi connectivity index (χ0) is 9.10. The molecule has 0 saturated carbocycles. The molecule has 1 aliphatic heterocycles. The molecule has 2 rings (SSSR count). The van der Waals surface area contributed by atoms with Gasteiger partial charge in [-0.2, -0.15) is 0 Å². The van der Waals surface area contributed by atoms with Crippen LogP contribution in [-0.2, 0) is 4.74 Å². The van der Waals surface area contributed by atoms with Crippen molar-refractivity contribution in [3.63, 3.8) is 0 Å². The maximum atomic E-state index is 5.36. The normalized spacial score (nSPS) is 25.2. The van der Waals surface area contributed by atoms with Gasteiger partial charge in [-0.15, -0.1) is 0 Å². The third kappa shape index (κ3) is 2.05. The van der Waals surface area contributed by atoms with Crippen LogP contribution in [0.5, 0.6) is 0 Å². The second kappa shape index (κ2) is 4.14. The van der Waals surface area contributed by atoms with Crippen LogP contribution in [0.4, 0.5) is 0 Å². The molecule has 74 valence electrons. The average molecular weight is 181 g/mol. The van der Waals surface area contributed by atoms with E-state index in [1.54, 1.807) is 11.3 Å². The first-order valence-electron chi connectivity index (χ1n) is 5.39. The van der Waals surface area contributed by atoms with Gasteiger partial charge in [-0.1, -0.05) is 5.57 Å². The summed E-state index contributed by atoms with van der Waals surface area (Å²) < 4.78 is 5.36. The molecule has 0 aromatic heterocycles. The van der Waals surface area contributed by atoms with Gasteiger partial charge in [0.15, 0.2) is 0 Å². The van der Waals surface area contributed by atoms with Crippen LogP contribution in [0.15, 0.2) is 11.3 Å². The van der Waals surface area contributed by atoms with Crippen LogP contribution in [0.3, 0.4) is 0 Å². The molecule has 2 nitrogen and oxygen atoms in total. The van der Waals surface area contributed by atoms with Gasteiger partial charge in [0.1, 0.15) is 0 Å². The fraction of sp³-hybridized carbons (Fsp3) is 0.818. The van der Waals surface area contributed by atoms with E-state index in [2.05, 4.69) is 11.8 Å². The summed E-state index contributed by atoms with van der Waals surface area (Å²) in [6.07, 6.45) is 5.38. The minimum atomic E-state index is 0.913. The van der Waals surface area contributed by atoms with Gasteiger partial charge in [-0.05, 0) is 32.6 Å². The molecule has 1 heterocycles. The Labute approximate surface area is 80.6 Å². The van der Waals surface area contributed by atoms with Crippen LogP contribution >= 0.6 is 0 Å². The molecule has 0 radical (unpaired) electrons. The summed E-state index contributed by atoms with van der Waals surface area (Å²) in [5.74, 6) is 0. The highest BCUT2D eigenvalue weighted by Crippen LogP contribution is 2.27. The monoisotopic (exact) mass is 181 g/mol. The first-order chi connectivity index (χ1) is 6.38. The van der Waals surface area contributed by atoms with E-state index < -0.39 is 0 Å². The molecule has 1 fully saturated rings. The maximum absolute atomic E-state index is 5.36. The van der Waals surface area contributed by atoms with Crippen molar-refractivity contribution in [2.45, 2.75) is 32.6 Å². The van der Waals surface area contributed by atoms with Crippen molar-refractivity contribution in [3.05, 3.63) is 11.3 Å². The van der Waals surface area contributed by atoms with Crippen molar-refractivity contribution in [2.24, 2.45) is 0 Å². The quantitative estimate of drug-likeness (QED) is 0.614. The van der Waals surface area contributed by atoms with Gasteiger partial charge in [-0.3, -0.25) is 0 Å². The number of nitrogens with zero attached hydrogens (tertiary/aromatic N) is 1. The lowest BCUT2D eigenvalue weighted by Crippen LogP contribution is -2.36. The van der Waals surface area contributed by atoms with Crippen LogP contribution in [0.25, 0.3) is 0 Å². The SMILES string of the molecule is CC1=C(N2CCOCC2)CCCC1. The summed E-state index contributed by atoms with van der Waals surface area (Å²) in [7, 11) is 0. The van der Waals surface area contributed by atoms with Crippen LogP contribution < -0.4 is 0 Å². The van der Waals surface area contributed by atoms with E-state index in [9.17, 15) is 0 Å². The Bertz CT molecular complexity index is 204. The van der Waals surface area contributed by atoms with Gasteiger partial charge in [0.25, 0.3) is 0 Å². The molecule has 1 saturated heterocycles. The number of hydrogen-bond acceptors (Lipinski definition) is 2. The molecule has 1 aliphatic carbocycles. The predicted octanol–water partition coefficient (Wildman–Crippen LogP) is 2.17. The van der Waals surface area contributed by atoms with E-state index in [1.165, 1.54) is 25.7 Å². The van der Waals surface area contributed by atoms with Crippen LogP contribution in [0.2, 0.25) is 0 Å². The number of rotatable bonds is 1. The number of morpholine rings is 1. The molecule has 13 heavy (non-hydrogen) atoms. The number of ether oxygens (including phenoxy) is 1. The lowest BCUT2D eigenvalue weighted by molar-refractivity contribution is 0.0507. The van der Waals surface area contributed by atoms with Gasteiger partial charge < -0.3 is 9.64 Å². The second-order valence-corrected chi connectivity index (χ2v) is 4.03. The fourth-order valence-electron chi connectivity index (χ4n) is 2.30. The standard InChI is InChI=1S/C11H19NO/c1-10-4-2-3-5-11(10)12-6-8-13-9-7-12/h2-9H2,1H3. The molecule has 0 atom stereocenters. The molecule has 0 spiro atoms. The van der Waals surface area contributed by atoms with E-state index in [4.69, 9.17) is 4.74 Å². The zero-order valence-corrected chi connectivity index (χ0v) is 8.51. The van der Waals surface area contributed by atoms with Gasteiger partial charge >= 0.3 is 0 Å². The van der Waals surface area contributed by atoms with E-state index in [0.29, 0.717) is 0 Å². The summed E-state index contributed by atoms with van der Waals surface area (Å²) in [5.41, 5.74) is 3.24. The van der Waals surface area contributed by atoms with E-state index >= 15 is 0 Å². The maximum Gasteiger partial charge on any atom is 0.0642 e. The largest absolute Gasteiger partial charge is 0.378 e. The van der Waals surface area contributed by atoms with Crippen LogP contribution in [-0.4, -0.2) is 31.2 Å². The van der Waals surface area contributed by atoms with Gasteiger partial charge in [0.2, 0.25) is 0 Å². The lowest BCUT2D eigenvalue weighted by atomic mass is 9.96. The van der Waals surface area contributed by atoms with Gasteiger partial charge in [0, 0.05) is 18.8 Å². The molecule has 0 N–H and O–H groups in total. The molecular formula is C11H19NO.